The summed E-state index contributed by atoms with van der Waals surface area (Å²) in [5.41, 5.74) is 2.17. The molecule has 1 aromatic heterocycles. The Morgan fingerprint density at radius 3 is 2.38 bits per heavy atom. The van der Waals surface area contributed by atoms with Crippen LogP contribution in [0.25, 0.3) is 11.3 Å². The number of anilines is 2. The van der Waals surface area contributed by atoms with Gasteiger partial charge in [0.1, 0.15) is 5.82 Å². The van der Waals surface area contributed by atoms with Crippen LogP contribution < -0.4 is 14.8 Å². The Hall–Kier alpha value is -3.15. The van der Waals surface area contributed by atoms with Crippen LogP contribution in [0.2, 0.25) is 0 Å². The average molecular weight is 325 g/mol. The molecule has 3 rings (SSSR count). The van der Waals surface area contributed by atoms with Crippen molar-refractivity contribution < 1.29 is 13.9 Å². The van der Waals surface area contributed by atoms with Crippen LogP contribution in [-0.2, 0) is 0 Å². The lowest BCUT2D eigenvalue weighted by atomic mass is 10.1. The molecule has 0 aliphatic heterocycles. The summed E-state index contributed by atoms with van der Waals surface area (Å²) in [7, 11) is 3.17. The topological polar surface area (TPSA) is 56.3 Å². The number of rotatable bonds is 5. The molecule has 2 aromatic carbocycles. The molecule has 0 aliphatic rings. The zero-order valence-corrected chi connectivity index (χ0v) is 13.3. The van der Waals surface area contributed by atoms with Gasteiger partial charge in [0.2, 0.25) is 0 Å². The normalized spacial score (nSPS) is 10.3. The van der Waals surface area contributed by atoms with E-state index in [-0.39, 0.29) is 5.82 Å². The summed E-state index contributed by atoms with van der Waals surface area (Å²) in [6.45, 7) is 0. The van der Waals surface area contributed by atoms with Crippen LogP contribution in [0.5, 0.6) is 11.5 Å². The number of aromatic nitrogens is 2. The van der Waals surface area contributed by atoms with Crippen molar-refractivity contribution in [2.45, 2.75) is 0 Å². The van der Waals surface area contributed by atoms with E-state index in [0.29, 0.717) is 28.7 Å². The number of benzene rings is 2. The number of hydrogen-bond acceptors (Lipinski definition) is 5. The quantitative estimate of drug-likeness (QED) is 0.767. The summed E-state index contributed by atoms with van der Waals surface area (Å²) in [6.07, 6.45) is 0. The minimum Gasteiger partial charge on any atom is -0.493 e. The maximum atomic E-state index is 13.2. The Balaban J connectivity index is 1.81. The van der Waals surface area contributed by atoms with Gasteiger partial charge in [-0.3, -0.25) is 0 Å². The van der Waals surface area contributed by atoms with Gasteiger partial charge in [-0.25, -0.2) is 4.39 Å². The number of hydrogen-bond donors (Lipinski definition) is 1. The van der Waals surface area contributed by atoms with Gasteiger partial charge in [0.15, 0.2) is 17.3 Å². The lowest BCUT2D eigenvalue weighted by molar-refractivity contribution is 0.355. The SMILES string of the molecule is COc1ccc(-c2ccc(Nc3cccc(F)c3)nn2)cc1OC. The second-order valence-corrected chi connectivity index (χ2v) is 5.01. The van der Waals surface area contributed by atoms with Crippen molar-refractivity contribution in [1.82, 2.24) is 10.2 Å². The third-order valence-electron chi connectivity index (χ3n) is 3.44. The molecule has 5 nitrogen and oxygen atoms in total. The summed E-state index contributed by atoms with van der Waals surface area (Å²) >= 11 is 0. The molecule has 122 valence electrons. The Kier molecular flexibility index (Phi) is 4.56. The van der Waals surface area contributed by atoms with Crippen LogP contribution in [0.3, 0.4) is 0 Å². The molecule has 1 N–H and O–H groups in total. The van der Waals surface area contributed by atoms with E-state index in [9.17, 15) is 4.39 Å². The zero-order valence-electron chi connectivity index (χ0n) is 13.3. The molecule has 0 aliphatic carbocycles. The van der Waals surface area contributed by atoms with E-state index in [2.05, 4.69) is 15.5 Å². The molecule has 24 heavy (non-hydrogen) atoms. The van der Waals surface area contributed by atoms with Crippen molar-refractivity contribution in [3.05, 3.63) is 60.4 Å². The zero-order chi connectivity index (χ0) is 16.9. The third-order valence-corrected chi connectivity index (χ3v) is 3.44. The van der Waals surface area contributed by atoms with E-state index in [1.54, 1.807) is 32.4 Å². The largest absolute Gasteiger partial charge is 0.493 e. The van der Waals surface area contributed by atoms with Crippen LogP contribution in [0.15, 0.2) is 54.6 Å². The molecule has 0 radical (unpaired) electrons. The van der Waals surface area contributed by atoms with Crippen LogP contribution in [0, 0.1) is 5.82 Å². The van der Waals surface area contributed by atoms with Gasteiger partial charge in [-0.2, -0.15) is 0 Å². The molecule has 3 aromatic rings. The van der Waals surface area contributed by atoms with Crippen molar-refractivity contribution in [2.75, 3.05) is 19.5 Å². The highest BCUT2D eigenvalue weighted by molar-refractivity contribution is 5.65. The molecule has 0 spiro atoms. The number of methoxy groups -OCH3 is 2. The molecular formula is C18H16FN3O2. The molecule has 0 atom stereocenters. The molecular weight excluding hydrogens is 309 g/mol. The molecule has 0 bridgehead atoms. The van der Waals surface area contributed by atoms with E-state index in [0.717, 1.165) is 5.56 Å². The highest BCUT2D eigenvalue weighted by Gasteiger charge is 2.08. The van der Waals surface area contributed by atoms with E-state index in [4.69, 9.17) is 9.47 Å². The molecule has 0 amide bonds. The van der Waals surface area contributed by atoms with Crippen molar-refractivity contribution in [3.63, 3.8) is 0 Å². The lowest BCUT2D eigenvalue weighted by Crippen LogP contribution is -1.97. The van der Waals surface area contributed by atoms with Crippen molar-refractivity contribution >= 4 is 11.5 Å². The van der Waals surface area contributed by atoms with Gasteiger partial charge in [-0.05, 0) is 48.5 Å². The molecule has 6 heteroatoms. The smallest absolute Gasteiger partial charge is 0.161 e. The van der Waals surface area contributed by atoms with E-state index in [1.165, 1.54) is 12.1 Å². The van der Waals surface area contributed by atoms with Crippen LogP contribution in [0.1, 0.15) is 0 Å². The van der Waals surface area contributed by atoms with E-state index >= 15 is 0 Å². The van der Waals surface area contributed by atoms with Gasteiger partial charge in [0, 0.05) is 11.3 Å². The van der Waals surface area contributed by atoms with Crippen molar-refractivity contribution in [1.29, 1.82) is 0 Å². The number of nitrogens with one attached hydrogen (secondary N) is 1. The Morgan fingerprint density at radius 2 is 1.71 bits per heavy atom. The summed E-state index contributed by atoms with van der Waals surface area (Å²) in [5.74, 6) is 1.50. The first-order chi connectivity index (χ1) is 11.7. The van der Waals surface area contributed by atoms with E-state index < -0.39 is 0 Å². The summed E-state index contributed by atoms with van der Waals surface area (Å²) in [4.78, 5) is 0. The number of halogens is 1. The number of nitrogens with zero attached hydrogens (tertiary/aromatic N) is 2. The molecule has 0 saturated carbocycles. The highest BCUT2D eigenvalue weighted by Crippen LogP contribution is 2.31. The Labute approximate surface area is 139 Å². The Morgan fingerprint density at radius 1 is 0.875 bits per heavy atom. The Bertz CT molecular complexity index is 838. The minimum absolute atomic E-state index is 0.310. The fourth-order valence-electron chi connectivity index (χ4n) is 2.26. The first-order valence-corrected chi connectivity index (χ1v) is 7.28. The van der Waals surface area contributed by atoms with Gasteiger partial charge in [0.25, 0.3) is 0 Å². The standard InChI is InChI=1S/C18H16FN3O2/c1-23-16-8-6-12(10-17(16)24-2)15-7-9-18(22-21-15)20-14-5-3-4-13(19)11-14/h3-11H,1-2H3,(H,20,22). The fraction of sp³-hybridized carbons (Fsp3) is 0.111. The molecule has 1 heterocycles. The second kappa shape index (κ2) is 6.95. The first-order valence-electron chi connectivity index (χ1n) is 7.28. The van der Waals surface area contributed by atoms with Gasteiger partial charge in [0.05, 0.1) is 19.9 Å². The predicted octanol–water partition coefficient (Wildman–Crippen LogP) is 4.04. The van der Waals surface area contributed by atoms with Crippen molar-refractivity contribution in [3.8, 4) is 22.8 Å². The average Bonchev–Trinajstić information content (AvgIpc) is 2.62. The van der Waals surface area contributed by atoms with Crippen LogP contribution >= 0.6 is 0 Å². The third kappa shape index (κ3) is 3.43. The van der Waals surface area contributed by atoms with Gasteiger partial charge < -0.3 is 14.8 Å². The predicted molar refractivity (Wildman–Crippen MR) is 90.3 cm³/mol. The van der Waals surface area contributed by atoms with Gasteiger partial charge in [-0.1, -0.05) is 6.07 Å². The van der Waals surface area contributed by atoms with E-state index in [1.807, 2.05) is 24.3 Å². The van der Waals surface area contributed by atoms with Crippen molar-refractivity contribution in [2.24, 2.45) is 0 Å². The maximum absolute atomic E-state index is 13.2. The monoisotopic (exact) mass is 325 g/mol. The number of ether oxygens (including phenoxy) is 2. The molecule has 0 fully saturated rings. The minimum atomic E-state index is -0.310. The van der Waals surface area contributed by atoms with Gasteiger partial charge in [-0.15, -0.1) is 10.2 Å². The second-order valence-electron chi connectivity index (χ2n) is 5.01. The highest BCUT2D eigenvalue weighted by atomic mass is 19.1. The summed E-state index contributed by atoms with van der Waals surface area (Å²) in [5, 5.41) is 11.3. The maximum Gasteiger partial charge on any atom is 0.161 e. The molecule has 0 saturated heterocycles. The fourth-order valence-corrected chi connectivity index (χ4v) is 2.26. The van der Waals surface area contributed by atoms with Crippen LogP contribution in [0.4, 0.5) is 15.9 Å². The van der Waals surface area contributed by atoms with Gasteiger partial charge >= 0.3 is 0 Å². The first kappa shape index (κ1) is 15.7. The summed E-state index contributed by atoms with van der Waals surface area (Å²) in [6, 6.07) is 15.3. The van der Waals surface area contributed by atoms with Crippen LogP contribution in [-0.4, -0.2) is 24.4 Å². The molecule has 0 unspecified atom stereocenters. The summed E-state index contributed by atoms with van der Waals surface area (Å²) < 4.78 is 23.7. The lowest BCUT2D eigenvalue weighted by Gasteiger charge is -2.09.